The van der Waals surface area contributed by atoms with Gasteiger partial charge in [0, 0.05) is 36.8 Å². The number of benzene rings is 2. The summed E-state index contributed by atoms with van der Waals surface area (Å²) in [6.45, 7) is 4.78. The van der Waals surface area contributed by atoms with E-state index >= 15 is 0 Å². The number of likely N-dealkylation sites (tertiary alicyclic amines) is 1. The Hall–Kier alpha value is -2.90. The van der Waals surface area contributed by atoms with Gasteiger partial charge in [-0.2, -0.15) is 5.26 Å². The first-order valence-electron chi connectivity index (χ1n) is 9.52. The third-order valence-corrected chi connectivity index (χ3v) is 5.60. The number of hydrogen-bond donors (Lipinski definition) is 0. The average Bonchev–Trinajstić information content (AvgIpc) is 3.00. The second-order valence-electron chi connectivity index (χ2n) is 7.21. The molecule has 2 aliphatic rings. The predicted molar refractivity (Wildman–Crippen MR) is 107 cm³/mol. The molecule has 2 heterocycles. The fourth-order valence-corrected chi connectivity index (χ4v) is 4.19. The summed E-state index contributed by atoms with van der Waals surface area (Å²) in [4.78, 5) is 17.4. The Kier molecular flexibility index (Phi) is 4.79. The first kappa shape index (κ1) is 17.5. The molecular weight excluding hydrogens is 334 g/mol. The second-order valence-corrected chi connectivity index (χ2v) is 7.21. The molecule has 136 valence electrons. The van der Waals surface area contributed by atoms with Crippen molar-refractivity contribution in [2.75, 3.05) is 18.0 Å². The molecule has 0 radical (unpaired) electrons. The monoisotopic (exact) mass is 357 g/mol. The molecule has 0 N–H and O–H groups in total. The molecule has 4 nitrogen and oxygen atoms in total. The summed E-state index contributed by atoms with van der Waals surface area (Å²) in [6, 6.07) is 18.3. The molecular formula is C23H23N3O. The van der Waals surface area contributed by atoms with Crippen molar-refractivity contribution in [2.45, 2.75) is 32.4 Å². The van der Waals surface area contributed by atoms with E-state index in [0.29, 0.717) is 5.56 Å². The molecule has 2 aromatic carbocycles. The van der Waals surface area contributed by atoms with E-state index in [2.05, 4.69) is 17.0 Å². The summed E-state index contributed by atoms with van der Waals surface area (Å²) < 4.78 is 0. The molecule has 0 bridgehead atoms. The van der Waals surface area contributed by atoms with Gasteiger partial charge in [0.2, 0.25) is 0 Å². The highest BCUT2D eigenvalue weighted by Crippen LogP contribution is 2.39. The van der Waals surface area contributed by atoms with Gasteiger partial charge in [-0.25, -0.2) is 0 Å². The zero-order chi connectivity index (χ0) is 18.8. The van der Waals surface area contributed by atoms with E-state index in [-0.39, 0.29) is 11.9 Å². The van der Waals surface area contributed by atoms with Crippen LogP contribution >= 0.6 is 0 Å². The van der Waals surface area contributed by atoms with Crippen molar-refractivity contribution < 1.29 is 4.79 Å². The number of hydrogen-bond acceptors (Lipinski definition) is 3. The lowest BCUT2D eigenvalue weighted by Gasteiger charge is -2.37. The number of fused-ring (bicyclic) bond motifs is 1. The van der Waals surface area contributed by atoms with Crippen LogP contribution in [0.1, 0.15) is 36.5 Å². The van der Waals surface area contributed by atoms with Crippen LogP contribution in [0.15, 0.2) is 54.6 Å². The Morgan fingerprint density at radius 2 is 1.81 bits per heavy atom. The van der Waals surface area contributed by atoms with Gasteiger partial charge in [0.1, 0.15) is 0 Å². The zero-order valence-corrected chi connectivity index (χ0v) is 15.6. The summed E-state index contributed by atoms with van der Waals surface area (Å²) in [5.74, 6) is 0.143. The first-order valence-corrected chi connectivity index (χ1v) is 9.52. The Morgan fingerprint density at radius 3 is 2.48 bits per heavy atom. The van der Waals surface area contributed by atoms with Crippen LogP contribution in [0.4, 0.5) is 5.69 Å². The summed E-state index contributed by atoms with van der Waals surface area (Å²) in [7, 11) is 0. The van der Waals surface area contributed by atoms with Crippen molar-refractivity contribution in [1.29, 1.82) is 5.26 Å². The Morgan fingerprint density at radius 1 is 1.11 bits per heavy atom. The molecule has 0 aromatic heterocycles. The normalized spacial score (nSPS) is 19.3. The Labute approximate surface area is 160 Å². The molecule has 1 fully saturated rings. The average molecular weight is 357 g/mol. The third-order valence-electron chi connectivity index (χ3n) is 5.60. The van der Waals surface area contributed by atoms with Crippen LogP contribution in [0.2, 0.25) is 0 Å². The first-order chi connectivity index (χ1) is 13.2. The summed E-state index contributed by atoms with van der Waals surface area (Å²) >= 11 is 0. The quantitative estimate of drug-likeness (QED) is 0.781. The largest absolute Gasteiger partial charge is 0.305 e. The van der Waals surface area contributed by atoms with E-state index in [0.717, 1.165) is 49.3 Å². The summed E-state index contributed by atoms with van der Waals surface area (Å²) in [6.07, 6.45) is 3.89. The maximum atomic E-state index is 12.9. The molecule has 0 aliphatic carbocycles. The summed E-state index contributed by atoms with van der Waals surface area (Å²) in [5.41, 5.74) is 4.87. The van der Waals surface area contributed by atoms with Crippen molar-refractivity contribution in [3.8, 4) is 6.07 Å². The molecule has 0 saturated carbocycles. The van der Waals surface area contributed by atoms with Crippen LogP contribution in [0.25, 0.3) is 5.57 Å². The second kappa shape index (κ2) is 7.38. The van der Waals surface area contributed by atoms with Crippen LogP contribution in [-0.2, 0) is 11.3 Å². The number of nitrogens with zero attached hydrogens (tertiary/aromatic N) is 3. The van der Waals surface area contributed by atoms with Gasteiger partial charge in [0.25, 0.3) is 5.91 Å². The maximum Gasteiger partial charge on any atom is 0.258 e. The lowest BCUT2D eigenvalue weighted by Crippen LogP contribution is -2.46. The van der Waals surface area contributed by atoms with Gasteiger partial charge in [0.15, 0.2) is 0 Å². The molecule has 4 rings (SSSR count). The topological polar surface area (TPSA) is 47.3 Å². The highest BCUT2D eigenvalue weighted by atomic mass is 16.2. The van der Waals surface area contributed by atoms with Gasteiger partial charge in [-0.1, -0.05) is 36.4 Å². The van der Waals surface area contributed by atoms with Crippen molar-refractivity contribution >= 4 is 17.2 Å². The van der Waals surface area contributed by atoms with Crippen molar-refractivity contribution in [3.05, 3.63) is 71.3 Å². The number of carbonyl (C=O) groups excluding carboxylic acids is 1. The van der Waals surface area contributed by atoms with Gasteiger partial charge in [-0.3, -0.25) is 9.69 Å². The smallest absolute Gasteiger partial charge is 0.258 e. The molecule has 27 heavy (non-hydrogen) atoms. The zero-order valence-electron chi connectivity index (χ0n) is 15.6. The van der Waals surface area contributed by atoms with Crippen LogP contribution in [0, 0.1) is 11.3 Å². The standard InChI is InChI=1S/C23H23N3O/c1-2-20-21-5-3-4-6-22(21)26(23(20)27)19-11-13-25(14-12-19)16-18-9-7-17(15-24)8-10-18/h2-10,19H,11-14,16H2,1H3. The van der Waals surface area contributed by atoms with Gasteiger partial charge in [-0.05, 0) is 43.5 Å². The molecule has 0 spiro atoms. The van der Waals surface area contributed by atoms with Gasteiger partial charge >= 0.3 is 0 Å². The molecule has 0 atom stereocenters. The van der Waals surface area contributed by atoms with Crippen LogP contribution in [0.3, 0.4) is 0 Å². The molecule has 4 heteroatoms. The van der Waals surface area contributed by atoms with Crippen LogP contribution in [-0.4, -0.2) is 29.9 Å². The maximum absolute atomic E-state index is 12.9. The molecule has 0 unspecified atom stereocenters. The number of rotatable bonds is 3. The van der Waals surface area contributed by atoms with Crippen molar-refractivity contribution in [1.82, 2.24) is 4.90 Å². The molecule has 1 saturated heterocycles. The van der Waals surface area contributed by atoms with E-state index in [1.54, 1.807) is 0 Å². The number of piperidine rings is 1. The van der Waals surface area contributed by atoms with Crippen molar-refractivity contribution in [3.63, 3.8) is 0 Å². The highest BCUT2D eigenvalue weighted by molar-refractivity contribution is 6.32. The van der Waals surface area contributed by atoms with Crippen LogP contribution < -0.4 is 4.90 Å². The lowest BCUT2D eigenvalue weighted by atomic mass is 10.0. The SMILES string of the molecule is CC=C1C(=O)N(C2CCN(Cc3ccc(C#N)cc3)CC2)c2ccccc21. The molecule has 2 aromatic rings. The summed E-state index contributed by atoms with van der Waals surface area (Å²) in [5, 5.41) is 8.91. The Balaban J connectivity index is 1.43. The van der Waals surface area contributed by atoms with Crippen LogP contribution in [0.5, 0.6) is 0 Å². The number of allylic oxidation sites excluding steroid dienone is 1. The number of anilines is 1. The number of nitriles is 1. The number of carbonyl (C=O) groups is 1. The number of para-hydroxylation sites is 1. The minimum Gasteiger partial charge on any atom is -0.305 e. The van der Waals surface area contributed by atoms with E-state index in [4.69, 9.17) is 5.26 Å². The fourth-order valence-electron chi connectivity index (χ4n) is 4.19. The molecule has 2 aliphatic heterocycles. The van der Waals surface area contributed by atoms with E-state index < -0.39 is 0 Å². The minimum atomic E-state index is 0.143. The Bertz CT molecular complexity index is 915. The lowest BCUT2D eigenvalue weighted by molar-refractivity contribution is -0.113. The predicted octanol–water partition coefficient (Wildman–Crippen LogP) is 3.97. The van der Waals surface area contributed by atoms with Crippen molar-refractivity contribution in [2.24, 2.45) is 0 Å². The van der Waals surface area contributed by atoms with Gasteiger partial charge in [0.05, 0.1) is 17.3 Å². The highest BCUT2D eigenvalue weighted by Gasteiger charge is 2.37. The number of amides is 1. The third kappa shape index (κ3) is 3.27. The van der Waals surface area contributed by atoms with E-state index in [1.165, 1.54) is 5.56 Å². The van der Waals surface area contributed by atoms with Gasteiger partial charge < -0.3 is 4.90 Å². The van der Waals surface area contributed by atoms with Gasteiger partial charge in [-0.15, -0.1) is 0 Å². The molecule has 1 amide bonds. The van der Waals surface area contributed by atoms with E-state index in [9.17, 15) is 4.79 Å². The van der Waals surface area contributed by atoms with E-state index in [1.807, 2.05) is 60.4 Å². The fraction of sp³-hybridized carbons (Fsp3) is 0.304. The minimum absolute atomic E-state index is 0.143.